The Labute approximate surface area is 151 Å². The van der Waals surface area contributed by atoms with Crippen molar-refractivity contribution in [2.75, 3.05) is 13.1 Å². The molecule has 2 heterocycles. The zero-order valence-corrected chi connectivity index (χ0v) is 14.9. The molecule has 1 N–H and O–H groups in total. The smallest absolute Gasteiger partial charge is 0.338 e. The lowest BCUT2D eigenvalue weighted by Gasteiger charge is -2.37. The van der Waals surface area contributed by atoms with Crippen LogP contribution in [-0.4, -0.2) is 44.8 Å². The van der Waals surface area contributed by atoms with Gasteiger partial charge in [0.2, 0.25) is 5.91 Å². The Morgan fingerprint density at radius 1 is 1.27 bits per heavy atom. The summed E-state index contributed by atoms with van der Waals surface area (Å²) in [6, 6.07) is 6.23. The maximum atomic E-state index is 13.5. The number of rotatable bonds is 4. The van der Waals surface area contributed by atoms with E-state index in [1.165, 1.54) is 24.5 Å². The number of carbonyl (C=O) groups is 2. The van der Waals surface area contributed by atoms with Crippen molar-refractivity contribution in [3.8, 4) is 0 Å². The van der Waals surface area contributed by atoms with E-state index in [1.807, 2.05) is 13.8 Å². The molecule has 6 nitrogen and oxygen atoms in total. The van der Waals surface area contributed by atoms with Crippen molar-refractivity contribution < 1.29 is 19.1 Å². The Morgan fingerprint density at radius 2 is 1.96 bits per heavy atom. The van der Waals surface area contributed by atoms with Crippen LogP contribution in [0.4, 0.5) is 4.39 Å². The highest BCUT2D eigenvalue weighted by Gasteiger charge is 2.36. The van der Waals surface area contributed by atoms with E-state index in [0.717, 1.165) is 0 Å². The van der Waals surface area contributed by atoms with Gasteiger partial charge in [-0.15, -0.1) is 0 Å². The quantitative estimate of drug-likeness (QED) is 0.911. The number of benzene rings is 1. The topological polar surface area (TPSA) is 75.4 Å². The van der Waals surface area contributed by atoms with Crippen LogP contribution in [0.15, 0.2) is 36.7 Å². The molecular formula is C19H22FN3O3. The van der Waals surface area contributed by atoms with Crippen LogP contribution in [0.25, 0.3) is 0 Å². The third kappa shape index (κ3) is 3.47. The van der Waals surface area contributed by atoms with Gasteiger partial charge < -0.3 is 10.0 Å². The highest BCUT2D eigenvalue weighted by molar-refractivity contribution is 5.87. The first-order chi connectivity index (χ1) is 12.3. The normalized spacial score (nSPS) is 15.9. The SMILES string of the molecule is CC(C)(C(=O)N1CCC(n2cc(C(=O)O)cn2)CC1)c1cccc(F)c1. The monoisotopic (exact) mass is 359 g/mol. The van der Waals surface area contributed by atoms with Crippen LogP contribution in [0.3, 0.4) is 0 Å². The molecule has 1 saturated heterocycles. The van der Waals surface area contributed by atoms with Crippen LogP contribution in [-0.2, 0) is 10.2 Å². The van der Waals surface area contributed by atoms with Crippen molar-refractivity contribution >= 4 is 11.9 Å². The van der Waals surface area contributed by atoms with Crippen LogP contribution in [0.2, 0.25) is 0 Å². The van der Waals surface area contributed by atoms with E-state index in [0.29, 0.717) is 31.5 Å². The van der Waals surface area contributed by atoms with E-state index in [4.69, 9.17) is 5.11 Å². The second-order valence-electron chi connectivity index (χ2n) is 7.17. The average molecular weight is 359 g/mol. The van der Waals surface area contributed by atoms with E-state index >= 15 is 0 Å². The fourth-order valence-corrected chi connectivity index (χ4v) is 3.38. The van der Waals surface area contributed by atoms with Gasteiger partial charge in [0.15, 0.2) is 0 Å². The molecule has 138 valence electrons. The highest BCUT2D eigenvalue weighted by atomic mass is 19.1. The molecule has 0 unspecified atom stereocenters. The number of nitrogens with zero attached hydrogens (tertiary/aromatic N) is 3. The molecule has 3 rings (SSSR count). The van der Waals surface area contributed by atoms with Crippen LogP contribution in [0.1, 0.15) is 48.7 Å². The summed E-state index contributed by atoms with van der Waals surface area (Å²) in [5, 5.41) is 13.1. The number of likely N-dealkylation sites (tertiary alicyclic amines) is 1. The molecule has 7 heteroatoms. The molecule has 26 heavy (non-hydrogen) atoms. The van der Waals surface area contributed by atoms with Crippen molar-refractivity contribution in [3.05, 3.63) is 53.6 Å². The summed E-state index contributed by atoms with van der Waals surface area (Å²) in [6.45, 7) is 4.74. The van der Waals surface area contributed by atoms with Crippen LogP contribution in [0, 0.1) is 5.82 Å². The Balaban J connectivity index is 1.67. The van der Waals surface area contributed by atoms with Crippen molar-refractivity contribution in [2.45, 2.75) is 38.1 Å². The minimum Gasteiger partial charge on any atom is -0.478 e. The number of aromatic nitrogens is 2. The van der Waals surface area contributed by atoms with E-state index in [1.54, 1.807) is 21.7 Å². The largest absolute Gasteiger partial charge is 0.478 e. The Morgan fingerprint density at radius 3 is 2.54 bits per heavy atom. The van der Waals surface area contributed by atoms with E-state index in [-0.39, 0.29) is 23.3 Å². The van der Waals surface area contributed by atoms with Gasteiger partial charge in [0.25, 0.3) is 0 Å². The molecule has 2 aromatic rings. The van der Waals surface area contributed by atoms with Gasteiger partial charge in [-0.2, -0.15) is 5.10 Å². The van der Waals surface area contributed by atoms with Crippen LogP contribution < -0.4 is 0 Å². The van der Waals surface area contributed by atoms with E-state index in [9.17, 15) is 14.0 Å². The molecule has 0 atom stereocenters. The fraction of sp³-hybridized carbons (Fsp3) is 0.421. The highest BCUT2D eigenvalue weighted by Crippen LogP contribution is 2.30. The molecule has 1 aromatic carbocycles. The van der Waals surface area contributed by atoms with Gasteiger partial charge in [-0.1, -0.05) is 12.1 Å². The number of carboxylic acids is 1. The van der Waals surface area contributed by atoms with Crippen molar-refractivity contribution in [3.63, 3.8) is 0 Å². The van der Waals surface area contributed by atoms with Gasteiger partial charge in [-0.05, 0) is 44.4 Å². The number of piperidine rings is 1. The van der Waals surface area contributed by atoms with E-state index in [2.05, 4.69) is 5.10 Å². The molecule has 1 aliphatic heterocycles. The zero-order valence-electron chi connectivity index (χ0n) is 14.9. The predicted molar refractivity (Wildman–Crippen MR) is 93.5 cm³/mol. The van der Waals surface area contributed by atoms with Gasteiger partial charge in [-0.3, -0.25) is 9.48 Å². The third-order valence-electron chi connectivity index (χ3n) is 5.06. The van der Waals surface area contributed by atoms with Crippen molar-refractivity contribution in [2.24, 2.45) is 0 Å². The number of carbonyl (C=O) groups excluding carboxylic acids is 1. The maximum absolute atomic E-state index is 13.5. The molecule has 0 radical (unpaired) electrons. The molecule has 1 amide bonds. The number of hydrogen-bond acceptors (Lipinski definition) is 3. The van der Waals surface area contributed by atoms with Crippen LogP contribution in [0.5, 0.6) is 0 Å². The summed E-state index contributed by atoms with van der Waals surface area (Å²) >= 11 is 0. The number of hydrogen-bond donors (Lipinski definition) is 1. The van der Waals surface area contributed by atoms with Gasteiger partial charge in [0.05, 0.1) is 23.2 Å². The minimum absolute atomic E-state index is 0.0340. The Hall–Kier alpha value is -2.70. The summed E-state index contributed by atoms with van der Waals surface area (Å²) in [7, 11) is 0. The molecule has 0 aliphatic carbocycles. The first-order valence-corrected chi connectivity index (χ1v) is 8.62. The second kappa shape index (κ2) is 6.90. The van der Waals surface area contributed by atoms with E-state index < -0.39 is 11.4 Å². The average Bonchev–Trinajstić information content (AvgIpc) is 3.11. The molecule has 0 bridgehead atoms. The molecule has 0 spiro atoms. The standard InChI is InChI=1S/C19H22FN3O3/c1-19(2,14-4-3-5-15(20)10-14)18(26)22-8-6-16(7-9-22)23-12-13(11-21-23)17(24)25/h3-5,10-12,16H,6-9H2,1-2H3,(H,24,25). The van der Waals surface area contributed by atoms with Gasteiger partial charge >= 0.3 is 5.97 Å². The second-order valence-corrected chi connectivity index (χ2v) is 7.17. The summed E-state index contributed by atoms with van der Waals surface area (Å²) in [5.41, 5.74) is 0.00968. The number of amides is 1. The molecule has 1 aromatic heterocycles. The van der Waals surface area contributed by atoms with Crippen LogP contribution >= 0.6 is 0 Å². The minimum atomic E-state index is -0.999. The first-order valence-electron chi connectivity index (χ1n) is 8.62. The Bertz CT molecular complexity index is 823. The van der Waals surface area contributed by atoms with Gasteiger partial charge in [0.1, 0.15) is 5.82 Å². The maximum Gasteiger partial charge on any atom is 0.338 e. The Kier molecular flexibility index (Phi) is 4.80. The lowest BCUT2D eigenvalue weighted by atomic mass is 9.82. The molecule has 1 aliphatic rings. The molecular weight excluding hydrogens is 337 g/mol. The van der Waals surface area contributed by atoms with Gasteiger partial charge in [-0.25, -0.2) is 9.18 Å². The van der Waals surface area contributed by atoms with Crippen molar-refractivity contribution in [1.82, 2.24) is 14.7 Å². The number of carboxylic acid groups (broad SMARTS) is 1. The lowest BCUT2D eigenvalue weighted by Crippen LogP contribution is -2.47. The zero-order chi connectivity index (χ0) is 18.9. The summed E-state index contributed by atoms with van der Waals surface area (Å²) < 4.78 is 15.2. The predicted octanol–water partition coefficient (Wildman–Crippen LogP) is 2.86. The number of halogens is 1. The number of aromatic carboxylic acids is 1. The van der Waals surface area contributed by atoms with Gasteiger partial charge in [0, 0.05) is 19.3 Å². The molecule has 0 saturated carbocycles. The first kappa shape index (κ1) is 18.1. The summed E-state index contributed by atoms with van der Waals surface area (Å²) in [5.74, 6) is -1.39. The molecule has 1 fully saturated rings. The fourth-order valence-electron chi connectivity index (χ4n) is 3.38. The summed E-state index contributed by atoms with van der Waals surface area (Å²) in [4.78, 5) is 25.7. The lowest BCUT2D eigenvalue weighted by molar-refractivity contribution is -0.137. The summed E-state index contributed by atoms with van der Waals surface area (Å²) in [6.07, 6.45) is 4.27. The van der Waals surface area contributed by atoms with Crippen molar-refractivity contribution in [1.29, 1.82) is 0 Å². The third-order valence-corrected chi connectivity index (χ3v) is 5.06.